The van der Waals surface area contributed by atoms with E-state index in [4.69, 9.17) is 4.74 Å². The van der Waals surface area contributed by atoms with Crippen LogP contribution in [0.5, 0.6) is 5.88 Å². The Hall–Kier alpha value is -3.49. The third-order valence-electron chi connectivity index (χ3n) is 8.29. The Balaban J connectivity index is 2.46. The highest BCUT2D eigenvalue weighted by atomic mass is 16.5. The fourth-order valence-electron chi connectivity index (χ4n) is 5.50. The van der Waals surface area contributed by atoms with E-state index in [-0.39, 0.29) is 29.3 Å². The lowest BCUT2D eigenvalue weighted by molar-refractivity contribution is 0.0521. The van der Waals surface area contributed by atoms with E-state index >= 15 is 0 Å². The predicted molar refractivity (Wildman–Crippen MR) is 176 cm³/mol. The molecule has 9 nitrogen and oxygen atoms in total. The van der Waals surface area contributed by atoms with Crippen molar-refractivity contribution in [3.8, 4) is 5.88 Å². The molecule has 0 fully saturated rings. The number of H-pyrrole nitrogens is 1. The summed E-state index contributed by atoms with van der Waals surface area (Å²) < 4.78 is 5.03. The van der Waals surface area contributed by atoms with Crippen molar-refractivity contribution in [3.63, 3.8) is 0 Å². The van der Waals surface area contributed by atoms with E-state index in [0.717, 1.165) is 44.9 Å². The number of carbonyl (C=O) groups is 2. The van der Waals surface area contributed by atoms with Crippen LogP contribution >= 0.6 is 0 Å². The third-order valence-corrected chi connectivity index (χ3v) is 8.29. The Bertz CT molecular complexity index is 1290. The highest BCUT2D eigenvalue weighted by molar-refractivity contribution is 5.99. The number of rotatable bonds is 19. The molecule has 1 amide bonds. The number of aromatic nitrogens is 1. The summed E-state index contributed by atoms with van der Waals surface area (Å²) in [4.78, 5) is 43.6. The SMILES string of the molecule is CCCCCC(CC)CN(CC(CC)CCCC(C)C)C(=O)c1ccccc1N=Nc1c(C)c(C(=O)OCC)c(O)[nH]c1=O. The topological polar surface area (TPSA) is 124 Å². The highest BCUT2D eigenvalue weighted by Gasteiger charge is 2.25. The Morgan fingerprint density at radius 2 is 1.57 bits per heavy atom. The van der Waals surface area contributed by atoms with Gasteiger partial charge >= 0.3 is 5.97 Å². The predicted octanol–water partition coefficient (Wildman–Crippen LogP) is 8.88. The van der Waals surface area contributed by atoms with Gasteiger partial charge in [0.05, 0.1) is 17.9 Å². The van der Waals surface area contributed by atoms with Crippen LogP contribution in [0.25, 0.3) is 0 Å². The first kappa shape index (κ1) is 36.7. The van der Waals surface area contributed by atoms with Crippen molar-refractivity contribution in [1.29, 1.82) is 0 Å². The lowest BCUT2D eigenvalue weighted by Crippen LogP contribution is -2.39. The molecule has 244 valence electrons. The van der Waals surface area contributed by atoms with Crippen LogP contribution in [0.2, 0.25) is 0 Å². The molecule has 1 aromatic heterocycles. The fraction of sp³-hybridized carbons (Fsp3) is 0.629. The molecular formula is C35H54N4O5. The average Bonchev–Trinajstić information content (AvgIpc) is 2.98. The maximum absolute atomic E-state index is 14.2. The highest BCUT2D eigenvalue weighted by Crippen LogP contribution is 2.29. The van der Waals surface area contributed by atoms with E-state index in [9.17, 15) is 19.5 Å². The summed E-state index contributed by atoms with van der Waals surface area (Å²) in [5.41, 5.74) is -0.124. The largest absolute Gasteiger partial charge is 0.494 e. The summed E-state index contributed by atoms with van der Waals surface area (Å²) in [7, 11) is 0. The van der Waals surface area contributed by atoms with Crippen LogP contribution in [0.15, 0.2) is 39.3 Å². The van der Waals surface area contributed by atoms with Crippen molar-refractivity contribution in [2.75, 3.05) is 19.7 Å². The molecule has 2 N–H and O–H groups in total. The normalized spacial score (nSPS) is 12.9. The van der Waals surface area contributed by atoms with Crippen LogP contribution in [-0.4, -0.2) is 46.6 Å². The smallest absolute Gasteiger partial charge is 0.343 e. The molecule has 44 heavy (non-hydrogen) atoms. The average molecular weight is 611 g/mol. The number of carbonyl (C=O) groups excluding carboxylic acids is 2. The van der Waals surface area contributed by atoms with Crippen LogP contribution < -0.4 is 5.56 Å². The first-order valence-electron chi connectivity index (χ1n) is 16.5. The number of nitrogens with one attached hydrogen (secondary N) is 1. The van der Waals surface area contributed by atoms with Gasteiger partial charge in [-0.25, -0.2) is 4.79 Å². The van der Waals surface area contributed by atoms with Gasteiger partial charge in [0, 0.05) is 18.7 Å². The number of aromatic hydroxyl groups is 1. The molecule has 0 radical (unpaired) electrons. The van der Waals surface area contributed by atoms with Gasteiger partial charge < -0.3 is 14.7 Å². The minimum absolute atomic E-state index is 0.0978. The van der Waals surface area contributed by atoms with Gasteiger partial charge in [0.2, 0.25) is 5.88 Å². The van der Waals surface area contributed by atoms with E-state index in [1.54, 1.807) is 31.2 Å². The van der Waals surface area contributed by atoms with Crippen molar-refractivity contribution in [2.45, 2.75) is 106 Å². The number of benzene rings is 1. The number of ether oxygens (including phenoxy) is 1. The standard InChI is InChI=1S/C35H54N4O5/c1-8-12-13-18-26(9-2)22-39(23-27(10-3)19-16-17-24(5)6)34(42)28-20-14-15-21-29(28)37-38-31-25(7)30(35(43)44-11-4)32(40)36-33(31)41/h14-15,20-21,24,26-27H,8-13,16-19,22-23H2,1-7H3,(H2,36,40,41). The summed E-state index contributed by atoms with van der Waals surface area (Å²) in [5.74, 6) is 0.0120. The lowest BCUT2D eigenvalue weighted by atomic mass is 9.93. The molecular weight excluding hydrogens is 556 g/mol. The molecule has 0 spiro atoms. The first-order chi connectivity index (χ1) is 21.1. The van der Waals surface area contributed by atoms with E-state index in [1.165, 1.54) is 19.8 Å². The van der Waals surface area contributed by atoms with Gasteiger partial charge in [-0.1, -0.05) is 91.7 Å². The fourth-order valence-corrected chi connectivity index (χ4v) is 5.50. The zero-order chi connectivity index (χ0) is 32.6. The van der Waals surface area contributed by atoms with E-state index in [0.29, 0.717) is 42.1 Å². The number of pyridine rings is 1. The second-order valence-corrected chi connectivity index (χ2v) is 12.2. The minimum atomic E-state index is -0.773. The zero-order valence-electron chi connectivity index (χ0n) is 27.9. The van der Waals surface area contributed by atoms with Gasteiger partial charge in [0.15, 0.2) is 5.69 Å². The molecule has 0 aliphatic carbocycles. The second kappa shape index (κ2) is 19.0. The van der Waals surface area contributed by atoms with Crippen LogP contribution in [0, 0.1) is 24.7 Å². The number of hydrogen-bond acceptors (Lipinski definition) is 7. The number of azo groups is 1. The molecule has 0 aliphatic rings. The maximum Gasteiger partial charge on any atom is 0.343 e. The summed E-state index contributed by atoms with van der Waals surface area (Å²) in [6.07, 6.45) is 10.0. The van der Waals surface area contributed by atoms with Gasteiger partial charge in [0.1, 0.15) is 5.56 Å². The minimum Gasteiger partial charge on any atom is -0.494 e. The molecule has 0 bridgehead atoms. The molecule has 9 heteroatoms. The molecule has 0 saturated heterocycles. The molecule has 2 aromatic rings. The Kier molecular flexibility index (Phi) is 15.9. The third kappa shape index (κ3) is 10.9. The van der Waals surface area contributed by atoms with E-state index < -0.39 is 17.4 Å². The van der Waals surface area contributed by atoms with Crippen LogP contribution in [-0.2, 0) is 4.74 Å². The summed E-state index contributed by atoms with van der Waals surface area (Å²) in [6.45, 7) is 15.7. The quantitative estimate of drug-likeness (QED) is 0.0933. The molecule has 1 aromatic carbocycles. The van der Waals surface area contributed by atoms with Gasteiger partial charge in [-0.2, -0.15) is 0 Å². The number of hydrogen-bond donors (Lipinski definition) is 2. The number of amides is 1. The van der Waals surface area contributed by atoms with Gasteiger partial charge in [-0.05, 0) is 56.6 Å². The van der Waals surface area contributed by atoms with Crippen LogP contribution in [0.1, 0.15) is 126 Å². The van der Waals surface area contributed by atoms with Gasteiger partial charge in [-0.3, -0.25) is 14.6 Å². The number of unbranched alkanes of at least 4 members (excludes halogenated alkanes) is 2. The maximum atomic E-state index is 14.2. The van der Waals surface area contributed by atoms with E-state index in [2.05, 4.69) is 49.8 Å². The van der Waals surface area contributed by atoms with Gasteiger partial charge in [-0.15, -0.1) is 10.2 Å². The summed E-state index contributed by atoms with van der Waals surface area (Å²) in [6, 6.07) is 7.02. The van der Waals surface area contributed by atoms with Crippen LogP contribution in [0.3, 0.4) is 0 Å². The molecule has 2 atom stereocenters. The number of nitrogens with zero attached hydrogens (tertiary/aromatic N) is 3. The van der Waals surface area contributed by atoms with Crippen molar-refractivity contribution in [1.82, 2.24) is 9.88 Å². The number of esters is 1. The first-order valence-corrected chi connectivity index (χ1v) is 16.5. The van der Waals surface area contributed by atoms with Crippen molar-refractivity contribution in [2.24, 2.45) is 28.0 Å². The van der Waals surface area contributed by atoms with Crippen molar-refractivity contribution < 1.29 is 19.4 Å². The van der Waals surface area contributed by atoms with E-state index in [1.807, 2.05) is 4.90 Å². The molecule has 1 heterocycles. The molecule has 0 saturated carbocycles. The summed E-state index contributed by atoms with van der Waals surface area (Å²) >= 11 is 0. The number of aromatic amines is 1. The lowest BCUT2D eigenvalue weighted by Gasteiger charge is -2.31. The van der Waals surface area contributed by atoms with Gasteiger partial charge in [0.25, 0.3) is 11.5 Å². The van der Waals surface area contributed by atoms with Crippen molar-refractivity contribution >= 4 is 23.3 Å². The Labute approximate surface area is 263 Å². The Morgan fingerprint density at radius 1 is 0.932 bits per heavy atom. The molecule has 0 aliphatic heterocycles. The monoisotopic (exact) mass is 610 g/mol. The van der Waals surface area contributed by atoms with Crippen LogP contribution in [0.4, 0.5) is 11.4 Å². The summed E-state index contributed by atoms with van der Waals surface area (Å²) in [5, 5.41) is 18.7. The molecule has 2 rings (SSSR count). The second-order valence-electron chi connectivity index (χ2n) is 12.2. The molecule has 2 unspecified atom stereocenters. The Morgan fingerprint density at radius 3 is 2.16 bits per heavy atom. The zero-order valence-corrected chi connectivity index (χ0v) is 27.9. The van der Waals surface area contributed by atoms with Crippen molar-refractivity contribution in [3.05, 3.63) is 51.3 Å².